The molecule has 0 saturated heterocycles. The van der Waals surface area contributed by atoms with Crippen molar-refractivity contribution in [2.45, 2.75) is 12.8 Å². The van der Waals surface area contributed by atoms with Crippen molar-refractivity contribution in [1.82, 2.24) is 15.2 Å². The third-order valence-electron chi connectivity index (χ3n) is 5.15. The maximum Gasteiger partial charge on any atom is 0.433 e. The number of ether oxygens (including phenoxy) is 1. The number of aromatic nitrogens is 2. The first-order valence-electron chi connectivity index (χ1n) is 10.8. The Hall–Kier alpha value is -5.11. The van der Waals surface area contributed by atoms with E-state index in [4.69, 9.17) is 10.00 Å². The van der Waals surface area contributed by atoms with Crippen LogP contribution in [0.1, 0.15) is 27.2 Å². The van der Waals surface area contributed by atoms with E-state index >= 15 is 0 Å². The number of nitrogens with zero attached hydrogens (tertiary/aromatic N) is 4. The summed E-state index contributed by atoms with van der Waals surface area (Å²) in [6.45, 7) is -0.172. The van der Waals surface area contributed by atoms with Gasteiger partial charge in [-0.2, -0.15) is 28.5 Å². The highest BCUT2D eigenvalue weighted by atomic mass is 19.4. The van der Waals surface area contributed by atoms with Crippen LogP contribution in [0.2, 0.25) is 0 Å². The maximum absolute atomic E-state index is 13.3. The van der Waals surface area contributed by atoms with E-state index in [1.165, 1.54) is 35.1 Å². The van der Waals surface area contributed by atoms with Crippen molar-refractivity contribution < 1.29 is 27.5 Å². The molecule has 2 amide bonds. The van der Waals surface area contributed by atoms with Gasteiger partial charge in [-0.25, -0.2) is 9.48 Å². The molecular weight excluding hydrogens is 487 g/mol. The predicted octanol–water partition coefficient (Wildman–Crippen LogP) is 5.25. The van der Waals surface area contributed by atoms with Crippen LogP contribution in [0.15, 0.2) is 91.1 Å². The first-order valence-corrected chi connectivity index (χ1v) is 10.8. The van der Waals surface area contributed by atoms with Gasteiger partial charge in [-0.05, 0) is 54.1 Å². The molecule has 4 rings (SSSR count). The van der Waals surface area contributed by atoms with Crippen molar-refractivity contribution in [2.24, 2.45) is 0 Å². The summed E-state index contributed by atoms with van der Waals surface area (Å²) in [7, 11) is 0. The number of benzene rings is 3. The number of anilines is 1. The minimum atomic E-state index is -4.67. The van der Waals surface area contributed by atoms with E-state index in [2.05, 4.69) is 10.5 Å². The highest BCUT2D eigenvalue weighted by Crippen LogP contribution is 2.31. The number of hydrogen-bond donors (Lipinski definition) is 1. The van der Waals surface area contributed by atoms with Gasteiger partial charge in [0.2, 0.25) is 0 Å². The molecule has 0 radical (unpaired) electrons. The van der Waals surface area contributed by atoms with Crippen molar-refractivity contribution in [1.29, 1.82) is 5.26 Å². The van der Waals surface area contributed by atoms with Gasteiger partial charge in [-0.1, -0.05) is 36.4 Å². The Morgan fingerprint density at radius 2 is 1.73 bits per heavy atom. The van der Waals surface area contributed by atoms with Gasteiger partial charge in [-0.3, -0.25) is 10.2 Å². The first-order chi connectivity index (χ1) is 17.8. The van der Waals surface area contributed by atoms with Crippen LogP contribution in [-0.2, 0) is 17.5 Å². The summed E-state index contributed by atoms with van der Waals surface area (Å²) < 4.78 is 46.5. The Morgan fingerprint density at radius 1 is 1.00 bits per heavy atom. The molecule has 186 valence electrons. The average molecular weight is 505 g/mol. The summed E-state index contributed by atoms with van der Waals surface area (Å²) >= 11 is 0. The van der Waals surface area contributed by atoms with E-state index in [1.807, 2.05) is 6.07 Å². The van der Waals surface area contributed by atoms with E-state index in [0.717, 1.165) is 18.2 Å². The molecule has 4 aromatic rings. The monoisotopic (exact) mass is 505 g/mol. The normalized spacial score (nSPS) is 10.9. The number of alkyl halides is 3. The smallest absolute Gasteiger partial charge is 0.433 e. The molecule has 0 atom stereocenters. The second kappa shape index (κ2) is 10.7. The molecule has 0 aliphatic carbocycles. The molecule has 0 aliphatic heterocycles. The fourth-order valence-corrected chi connectivity index (χ4v) is 3.34. The lowest BCUT2D eigenvalue weighted by Gasteiger charge is -2.23. The lowest BCUT2D eigenvalue weighted by Crippen LogP contribution is -2.47. The molecule has 0 unspecified atom stereocenters. The Balaban J connectivity index is 1.63. The zero-order chi connectivity index (χ0) is 26.4. The number of hydrazine groups is 1. The molecule has 11 heteroatoms. The van der Waals surface area contributed by atoms with Crippen LogP contribution in [0.3, 0.4) is 0 Å². The van der Waals surface area contributed by atoms with E-state index < -0.39 is 23.7 Å². The van der Waals surface area contributed by atoms with E-state index in [9.17, 15) is 22.8 Å². The summed E-state index contributed by atoms with van der Waals surface area (Å²) in [5.74, 6) is -0.837. The third kappa shape index (κ3) is 5.94. The van der Waals surface area contributed by atoms with E-state index in [-0.39, 0.29) is 18.0 Å². The summed E-state index contributed by atoms with van der Waals surface area (Å²) in [5.41, 5.74) is 2.53. The van der Waals surface area contributed by atoms with Gasteiger partial charge >= 0.3 is 12.3 Å². The van der Waals surface area contributed by atoms with Crippen LogP contribution in [0.25, 0.3) is 5.69 Å². The first kappa shape index (κ1) is 25.0. The molecular formula is C26H18F3N5O3. The topological polar surface area (TPSA) is 100 Å². The predicted molar refractivity (Wildman–Crippen MR) is 126 cm³/mol. The number of nitriles is 1. The van der Waals surface area contributed by atoms with Gasteiger partial charge in [-0.15, -0.1) is 0 Å². The molecule has 0 spiro atoms. The third-order valence-corrected chi connectivity index (χ3v) is 5.15. The summed E-state index contributed by atoms with van der Waals surface area (Å²) in [6, 6.07) is 22.1. The Kier molecular flexibility index (Phi) is 7.20. The molecule has 0 bridgehead atoms. The molecule has 3 aromatic carbocycles. The van der Waals surface area contributed by atoms with Crippen LogP contribution < -0.4 is 10.4 Å². The number of rotatable bonds is 5. The van der Waals surface area contributed by atoms with Crippen LogP contribution >= 0.6 is 0 Å². The second-order valence-electron chi connectivity index (χ2n) is 7.65. The molecule has 0 aliphatic rings. The SMILES string of the molecule is N#Cc1ccc(-n2nccc2C(=O)NN(C(=O)OCc2ccccc2)c2cccc(C(F)(F)F)c2)cc1. The fraction of sp³-hybridized carbons (Fsp3) is 0.0769. The van der Waals surface area contributed by atoms with Crippen molar-refractivity contribution in [3.05, 3.63) is 114 Å². The molecule has 1 aromatic heterocycles. The number of halogens is 3. The van der Waals surface area contributed by atoms with E-state index in [0.29, 0.717) is 21.8 Å². The summed E-state index contributed by atoms with van der Waals surface area (Å²) in [5, 5.41) is 13.7. The minimum absolute atomic E-state index is 0.0162. The fourth-order valence-electron chi connectivity index (χ4n) is 3.34. The molecule has 0 saturated carbocycles. The van der Waals surface area contributed by atoms with Crippen molar-refractivity contribution in [3.8, 4) is 11.8 Å². The van der Waals surface area contributed by atoms with Gasteiger partial charge in [0.1, 0.15) is 12.3 Å². The second-order valence-corrected chi connectivity index (χ2v) is 7.65. The molecule has 0 fully saturated rings. The van der Waals surface area contributed by atoms with Crippen molar-refractivity contribution in [3.63, 3.8) is 0 Å². The molecule has 37 heavy (non-hydrogen) atoms. The maximum atomic E-state index is 13.3. The minimum Gasteiger partial charge on any atom is -0.443 e. The summed E-state index contributed by atoms with van der Waals surface area (Å²) in [6.07, 6.45) is -4.43. The molecule has 1 N–H and O–H groups in total. The highest BCUT2D eigenvalue weighted by molar-refractivity contribution is 5.99. The zero-order valence-electron chi connectivity index (χ0n) is 19.0. The lowest BCUT2D eigenvalue weighted by molar-refractivity contribution is -0.137. The quantitative estimate of drug-likeness (QED) is 0.374. The van der Waals surface area contributed by atoms with Crippen LogP contribution in [-0.4, -0.2) is 21.8 Å². The number of carbonyl (C=O) groups is 2. The van der Waals surface area contributed by atoms with Crippen molar-refractivity contribution >= 4 is 17.7 Å². The highest BCUT2D eigenvalue weighted by Gasteiger charge is 2.32. The standard InChI is InChI=1S/C26H18F3N5O3/c27-26(28,29)20-7-4-8-22(15-20)34(25(36)37-17-19-5-2-1-3-6-19)32-24(35)23-13-14-31-33(23)21-11-9-18(16-30)10-12-21/h1-15H,17H2,(H,32,35). The van der Waals surface area contributed by atoms with Crippen LogP contribution in [0.5, 0.6) is 0 Å². The van der Waals surface area contributed by atoms with Gasteiger partial charge in [0.15, 0.2) is 0 Å². The molecule has 8 nitrogen and oxygen atoms in total. The van der Waals surface area contributed by atoms with Crippen molar-refractivity contribution in [2.75, 3.05) is 5.01 Å². The van der Waals surface area contributed by atoms with Crippen LogP contribution in [0, 0.1) is 11.3 Å². The van der Waals surface area contributed by atoms with Crippen LogP contribution in [0.4, 0.5) is 23.7 Å². The van der Waals surface area contributed by atoms with Gasteiger partial charge in [0.25, 0.3) is 5.91 Å². The Morgan fingerprint density at radius 3 is 2.41 bits per heavy atom. The summed E-state index contributed by atoms with van der Waals surface area (Å²) in [4.78, 5) is 26.1. The van der Waals surface area contributed by atoms with Gasteiger partial charge < -0.3 is 4.74 Å². The molecule has 1 heterocycles. The average Bonchev–Trinajstić information content (AvgIpc) is 3.41. The number of amides is 2. The Labute approximate surface area is 209 Å². The van der Waals surface area contributed by atoms with Gasteiger partial charge in [0.05, 0.1) is 34.8 Å². The van der Waals surface area contributed by atoms with E-state index in [1.54, 1.807) is 42.5 Å². The number of carbonyl (C=O) groups excluding carboxylic acids is 2. The number of nitrogens with one attached hydrogen (secondary N) is 1. The number of hydrogen-bond acceptors (Lipinski definition) is 5. The Bertz CT molecular complexity index is 1440. The largest absolute Gasteiger partial charge is 0.443 e. The lowest BCUT2D eigenvalue weighted by atomic mass is 10.2. The van der Waals surface area contributed by atoms with Gasteiger partial charge in [0, 0.05) is 0 Å². The zero-order valence-corrected chi connectivity index (χ0v) is 19.0.